The molecule has 2 fully saturated rings. The molecule has 8 rings (SSSR count). The molecule has 260 valence electrons. The fraction of sp³-hybridized carbons (Fsp3) is 0.381. The van der Waals surface area contributed by atoms with Crippen molar-refractivity contribution in [3.63, 3.8) is 0 Å². The highest BCUT2D eigenvalue weighted by Gasteiger charge is 2.18. The Hall–Kier alpha value is -4.98. The maximum atomic E-state index is 12.4. The van der Waals surface area contributed by atoms with Gasteiger partial charge in [0, 0.05) is 94.3 Å². The van der Waals surface area contributed by atoms with Crippen molar-refractivity contribution in [2.24, 2.45) is 0 Å². The molecule has 2 aliphatic rings. The number of nitrogens with zero attached hydrogens (tertiary/aromatic N) is 4. The molecule has 4 aromatic carbocycles. The lowest BCUT2D eigenvalue weighted by Gasteiger charge is -2.26. The van der Waals surface area contributed by atoms with Gasteiger partial charge >= 0.3 is 0 Å². The smallest absolute Gasteiger partial charge is 0.241 e. The summed E-state index contributed by atoms with van der Waals surface area (Å²) in [4.78, 5) is 28.7. The zero-order chi connectivity index (χ0) is 34.5. The molecule has 2 amide bonds. The van der Waals surface area contributed by atoms with Gasteiger partial charge in [0.15, 0.2) is 0 Å². The summed E-state index contributed by atoms with van der Waals surface area (Å²) in [7, 11) is 0. The average Bonchev–Trinajstić information content (AvgIpc) is 3.68. The Kier molecular flexibility index (Phi) is 10.2. The molecule has 50 heavy (non-hydrogen) atoms. The summed E-state index contributed by atoms with van der Waals surface area (Å²) in [5.41, 5.74) is 7.05. The summed E-state index contributed by atoms with van der Waals surface area (Å²) >= 11 is 0. The van der Waals surface area contributed by atoms with Crippen LogP contribution in [0.5, 0.6) is 0 Å². The first-order chi connectivity index (χ1) is 24.6. The lowest BCUT2D eigenvalue weighted by atomic mass is 10.1. The summed E-state index contributed by atoms with van der Waals surface area (Å²) in [6.07, 6.45) is 7.02. The molecule has 2 N–H and O–H groups in total. The number of nitrogens with one attached hydrogen (secondary N) is 2. The van der Waals surface area contributed by atoms with Gasteiger partial charge < -0.3 is 29.6 Å². The summed E-state index contributed by atoms with van der Waals surface area (Å²) in [6.45, 7) is 10.6. The van der Waals surface area contributed by atoms with E-state index in [4.69, 9.17) is 0 Å². The molecule has 0 saturated carbocycles. The number of benzene rings is 4. The predicted molar refractivity (Wildman–Crippen MR) is 208 cm³/mol. The van der Waals surface area contributed by atoms with E-state index in [0.29, 0.717) is 13.1 Å². The van der Waals surface area contributed by atoms with Crippen molar-refractivity contribution in [1.29, 1.82) is 0 Å². The first-order valence-electron chi connectivity index (χ1n) is 18.6. The third-order valence-corrected chi connectivity index (χ3v) is 10.5. The molecule has 8 nitrogen and oxygen atoms in total. The van der Waals surface area contributed by atoms with Crippen molar-refractivity contribution >= 4 is 66.8 Å². The number of aromatic nitrogens is 2. The number of fused-ring (bicyclic) bond motifs is 6. The van der Waals surface area contributed by atoms with Crippen LogP contribution in [0.1, 0.15) is 52.4 Å². The normalized spacial score (nSPS) is 15.0. The standard InChI is InChI=1S/2C21H25N3O/c2*1-2-24-19-9-5-4-8-17(19)18-14-16(10-11-20(18)24)22-15-21(25)23-12-6-3-7-13-23/h2*4-5,8-11,14,22H,2-3,6-7,12-13,15H2,1H3. The predicted octanol–water partition coefficient (Wildman–Crippen LogP) is 8.48. The van der Waals surface area contributed by atoms with E-state index in [9.17, 15) is 9.59 Å². The molecule has 0 unspecified atom stereocenters. The number of para-hydroxylation sites is 2. The quantitative estimate of drug-likeness (QED) is 0.170. The fourth-order valence-corrected chi connectivity index (χ4v) is 7.87. The van der Waals surface area contributed by atoms with E-state index < -0.39 is 0 Å². The number of rotatable bonds is 8. The number of piperidine rings is 2. The van der Waals surface area contributed by atoms with Crippen molar-refractivity contribution in [2.75, 3.05) is 49.9 Å². The second-order valence-electron chi connectivity index (χ2n) is 13.6. The van der Waals surface area contributed by atoms with Crippen LogP contribution in [-0.2, 0) is 22.7 Å². The number of likely N-dealkylation sites (tertiary alicyclic amines) is 2. The minimum absolute atomic E-state index is 0.204. The molecule has 0 radical (unpaired) electrons. The topological polar surface area (TPSA) is 74.5 Å². The van der Waals surface area contributed by atoms with E-state index in [1.165, 1.54) is 56.5 Å². The number of aryl methyl sites for hydroxylation is 2. The third kappa shape index (κ3) is 6.89. The van der Waals surface area contributed by atoms with E-state index in [2.05, 4.69) is 119 Å². The van der Waals surface area contributed by atoms with Gasteiger partial charge in [0.2, 0.25) is 11.8 Å². The molecule has 0 spiro atoms. The van der Waals surface area contributed by atoms with Crippen LogP contribution >= 0.6 is 0 Å². The highest BCUT2D eigenvalue weighted by molar-refractivity contribution is 6.10. The van der Waals surface area contributed by atoms with Crippen molar-refractivity contribution in [3.05, 3.63) is 84.9 Å². The third-order valence-electron chi connectivity index (χ3n) is 10.5. The van der Waals surface area contributed by atoms with Crippen LogP contribution in [-0.4, -0.2) is 70.0 Å². The second kappa shape index (κ2) is 15.3. The summed E-state index contributed by atoms with van der Waals surface area (Å²) in [5, 5.41) is 11.7. The molecule has 6 aromatic rings. The number of hydrogen-bond donors (Lipinski definition) is 2. The minimum Gasteiger partial charge on any atom is -0.376 e. The van der Waals surface area contributed by atoms with Gasteiger partial charge in [-0.2, -0.15) is 0 Å². The van der Waals surface area contributed by atoms with Gasteiger partial charge in [-0.05, 0) is 101 Å². The number of carbonyl (C=O) groups excluding carboxylic acids is 2. The van der Waals surface area contributed by atoms with Gasteiger partial charge in [-0.15, -0.1) is 0 Å². The second-order valence-corrected chi connectivity index (χ2v) is 13.6. The lowest BCUT2D eigenvalue weighted by molar-refractivity contribution is -0.130. The van der Waals surface area contributed by atoms with Gasteiger partial charge in [0.1, 0.15) is 0 Å². The highest BCUT2D eigenvalue weighted by atomic mass is 16.2. The molecular formula is C42H50N6O2. The monoisotopic (exact) mass is 670 g/mol. The number of amides is 2. The summed E-state index contributed by atoms with van der Waals surface area (Å²) in [5.74, 6) is 0.409. The molecule has 0 atom stereocenters. The van der Waals surface area contributed by atoms with E-state index in [-0.39, 0.29) is 11.8 Å². The van der Waals surface area contributed by atoms with Gasteiger partial charge in [0.05, 0.1) is 13.1 Å². The minimum atomic E-state index is 0.204. The van der Waals surface area contributed by atoms with E-state index in [1.807, 2.05) is 9.80 Å². The number of anilines is 2. The van der Waals surface area contributed by atoms with Crippen LogP contribution in [0.4, 0.5) is 11.4 Å². The van der Waals surface area contributed by atoms with Gasteiger partial charge in [0.25, 0.3) is 0 Å². The Morgan fingerprint density at radius 3 is 1.28 bits per heavy atom. The number of carbonyl (C=O) groups is 2. The van der Waals surface area contributed by atoms with Crippen molar-refractivity contribution in [1.82, 2.24) is 18.9 Å². The summed E-state index contributed by atoms with van der Waals surface area (Å²) in [6, 6.07) is 29.9. The first kappa shape index (κ1) is 33.5. The Morgan fingerprint density at radius 1 is 0.500 bits per heavy atom. The Labute approximate surface area is 295 Å². The molecule has 2 aromatic heterocycles. The Balaban J connectivity index is 0.000000157. The zero-order valence-corrected chi connectivity index (χ0v) is 29.6. The lowest BCUT2D eigenvalue weighted by Crippen LogP contribution is -2.39. The first-order valence-corrected chi connectivity index (χ1v) is 18.6. The molecule has 2 saturated heterocycles. The molecule has 0 bridgehead atoms. The van der Waals surface area contributed by atoms with Gasteiger partial charge in [-0.25, -0.2) is 0 Å². The molecular weight excluding hydrogens is 621 g/mol. The van der Waals surface area contributed by atoms with Gasteiger partial charge in [-0.3, -0.25) is 9.59 Å². The van der Waals surface area contributed by atoms with Crippen molar-refractivity contribution in [3.8, 4) is 0 Å². The van der Waals surface area contributed by atoms with Crippen LogP contribution in [0.3, 0.4) is 0 Å². The maximum Gasteiger partial charge on any atom is 0.241 e. The molecule has 8 heteroatoms. The van der Waals surface area contributed by atoms with Crippen LogP contribution in [0, 0.1) is 0 Å². The van der Waals surface area contributed by atoms with Crippen LogP contribution in [0.2, 0.25) is 0 Å². The van der Waals surface area contributed by atoms with E-state index in [0.717, 1.165) is 76.3 Å². The van der Waals surface area contributed by atoms with Crippen LogP contribution in [0.15, 0.2) is 84.9 Å². The maximum absolute atomic E-state index is 12.4. The average molecular weight is 671 g/mol. The SMILES string of the molecule is CCn1c2ccccc2c2cc(NCC(=O)N3CCCCC3)ccc21.CCn1c2ccccc2c2cc(NCC(=O)N3CCCCC3)ccc21. The van der Waals surface area contributed by atoms with E-state index in [1.54, 1.807) is 0 Å². The van der Waals surface area contributed by atoms with Crippen molar-refractivity contribution in [2.45, 2.75) is 65.5 Å². The van der Waals surface area contributed by atoms with Crippen molar-refractivity contribution < 1.29 is 9.59 Å². The van der Waals surface area contributed by atoms with Gasteiger partial charge in [-0.1, -0.05) is 36.4 Å². The highest BCUT2D eigenvalue weighted by Crippen LogP contribution is 2.32. The van der Waals surface area contributed by atoms with Crippen LogP contribution < -0.4 is 10.6 Å². The summed E-state index contributed by atoms with van der Waals surface area (Å²) < 4.78 is 4.68. The van der Waals surface area contributed by atoms with E-state index >= 15 is 0 Å². The largest absolute Gasteiger partial charge is 0.376 e. The van der Waals surface area contributed by atoms with Crippen LogP contribution in [0.25, 0.3) is 43.6 Å². The number of hydrogen-bond acceptors (Lipinski definition) is 4. The Morgan fingerprint density at radius 2 is 0.880 bits per heavy atom. The molecule has 0 aliphatic carbocycles. The molecule has 4 heterocycles. The Bertz CT molecular complexity index is 1960. The zero-order valence-electron chi connectivity index (χ0n) is 29.6. The fourth-order valence-electron chi connectivity index (χ4n) is 7.87. The molecule has 2 aliphatic heterocycles.